The molecule has 0 bridgehead atoms. The molecule has 94 valence electrons. The van der Waals surface area contributed by atoms with Crippen molar-refractivity contribution in [1.82, 2.24) is 5.32 Å². The van der Waals surface area contributed by atoms with Crippen molar-refractivity contribution in [2.75, 3.05) is 6.54 Å². The molecule has 1 N–H and O–H groups in total. The summed E-state index contributed by atoms with van der Waals surface area (Å²) in [6, 6.07) is 0.662. The Hall–Kier alpha value is -0.0400. The maximum absolute atomic E-state index is 3.63. The van der Waals surface area contributed by atoms with Crippen molar-refractivity contribution in [2.24, 2.45) is 17.8 Å². The Bertz CT molecular complexity index is 192. The van der Waals surface area contributed by atoms with E-state index in [0.717, 1.165) is 17.8 Å². The van der Waals surface area contributed by atoms with Gasteiger partial charge in [-0.3, -0.25) is 0 Å². The highest BCUT2D eigenvalue weighted by atomic mass is 14.9. The fourth-order valence-electron chi connectivity index (χ4n) is 3.60. The summed E-state index contributed by atoms with van der Waals surface area (Å²) in [5.41, 5.74) is 0. The Kier molecular flexibility index (Phi) is 4.69. The summed E-state index contributed by atoms with van der Waals surface area (Å²) in [5, 5.41) is 3.63. The molecule has 2 unspecified atom stereocenters. The average Bonchev–Trinajstić information content (AvgIpc) is 2.44. The summed E-state index contributed by atoms with van der Waals surface area (Å²) in [6.07, 6.45) is 12.1. The number of hydrogen-bond acceptors (Lipinski definition) is 1. The molecule has 2 saturated carbocycles. The van der Waals surface area contributed by atoms with Gasteiger partial charge in [0.15, 0.2) is 0 Å². The molecule has 0 aromatic heterocycles. The van der Waals surface area contributed by atoms with E-state index in [9.17, 15) is 0 Å². The molecule has 2 aliphatic rings. The van der Waals surface area contributed by atoms with Gasteiger partial charge in [0.2, 0.25) is 0 Å². The van der Waals surface area contributed by atoms with Crippen LogP contribution in [-0.4, -0.2) is 12.6 Å². The minimum absolute atomic E-state index is 0.662. The Balaban J connectivity index is 1.75. The van der Waals surface area contributed by atoms with Crippen LogP contribution in [0.25, 0.3) is 0 Å². The van der Waals surface area contributed by atoms with Crippen molar-refractivity contribution < 1.29 is 0 Å². The monoisotopic (exact) mass is 223 g/mol. The zero-order valence-electron chi connectivity index (χ0n) is 11.2. The number of nitrogens with one attached hydrogen (secondary N) is 1. The van der Waals surface area contributed by atoms with Crippen LogP contribution in [0.4, 0.5) is 0 Å². The molecule has 2 aliphatic carbocycles. The first-order chi connectivity index (χ1) is 7.77. The normalized spacial score (nSPS) is 32.4. The van der Waals surface area contributed by atoms with Gasteiger partial charge < -0.3 is 5.32 Å². The van der Waals surface area contributed by atoms with Crippen molar-refractivity contribution >= 4 is 0 Å². The molecule has 0 saturated heterocycles. The van der Waals surface area contributed by atoms with E-state index in [1.807, 2.05) is 0 Å². The third kappa shape index (κ3) is 3.23. The van der Waals surface area contributed by atoms with Gasteiger partial charge in [0, 0.05) is 6.04 Å². The molecular formula is C15H29N. The molecule has 0 spiro atoms. The van der Waals surface area contributed by atoms with E-state index < -0.39 is 0 Å². The zero-order chi connectivity index (χ0) is 11.4. The van der Waals surface area contributed by atoms with Gasteiger partial charge >= 0.3 is 0 Å². The highest BCUT2D eigenvalue weighted by molar-refractivity contribution is 4.88. The molecule has 2 atom stereocenters. The quantitative estimate of drug-likeness (QED) is 0.711. The van der Waals surface area contributed by atoms with Gasteiger partial charge in [-0.05, 0) is 37.1 Å². The van der Waals surface area contributed by atoms with Crippen LogP contribution in [0.15, 0.2) is 0 Å². The predicted octanol–water partition coefficient (Wildman–Crippen LogP) is 3.98. The zero-order valence-corrected chi connectivity index (χ0v) is 11.2. The summed E-state index contributed by atoms with van der Waals surface area (Å²) >= 11 is 0. The van der Waals surface area contributed by atoms with Crippen LogP contribution in [0.5, 0.6) is 0 Å². The second-order valence-electron chi connectivity index (χ2n) is 6.32. The van der Waals surface area contributed by atoms with Gasteiger partial charge in [-0.1, -0.05) is 52.4 Å². The first-order valence-corrected chi connectivity index (χ1v) is 7.50. The first kappa shape index (κ1) is 12.4. The minimum Gasteiger partial charge on any atom is -0.314 e. The molecule has 2 fully saturated rings. The van der Waals surface area contributed by atoms with Gasteiger partial charge in [0.1, 0.15) is 0 Å². The molecule has 0 aromatic carbocycles. The van der Waals surface area contributed by atoms with Crippen LogP contribution in [0.1, 0.15) is 65.2 Å². The minimum atomic E-state index is 0.662. The highest BCUT2D eigenvalue weighted by Crippen LogP contribution is 2.44. The third-order valence-electron chi connectivity index (χ3n) is 4.77. The third-order valence-corrected chi connectivity index (χ3v) is 4.77. The van der Waals surface area contributed by atoms with Gasteiger partial charge in [0.05, 0.1) is 0 Å². The van der Waals surface area contributed by atoms with Gasteiger partial charge in [-0.25, -0.2) is 0 Å². The van der Waals surface area contributed by atoms with E-state index >= 15 is 0 Å². The van der Waals surface area contributed by atoms with Crippen LogP contribution in [0.3, 0.4) is 0 Å². The van der Waals surface area contributed by atoms with Crippen LogP contribution < -0.4 is 5.32 Å². The first-order valence-electron chi connectivity index (χ1n) is 7.50. The van der Waals surface area contributed by atoms with Gasteiger partial charge in [-0.2, -0.15) is 0 Å². The van der Waals surface area contributed by atoms with Crippen molar-refractivity contribution in [1.29, 1.82) is 0 Å². The molecular weight excluding hydrogens is 194 g/mol. The lowest BCUT2D eigenvalue weighted by molar-refractivity contribution is 0.0907. The smallest absolute Gasteiger partial charge is 0.00104 e. The molecule has 16 heavy (non-hydrogen) atoms. The lowest BCUT2D eigenvalue weighted by atomic mass is 9.65. The second kappa shape index (κ2) is 6.05. The topological polar surface area (TPSA) is 12.0 Å². The molecule has 1 nitrogen and oxygen atoms in total. The molecule has 0 aromatic rings. The maximum Gasteiger partial charge on any atom is 0.00104 e. The maximum atomic E-state index is 3.63. The number of rotatable bonds is 4. The Morgan fingerprint density at radius 3 is 2.12 bits per heavy atom. The molecule has 0 heterocycles. The van der Waals surface area contributed by atoms with E-state index in [2.05, 4.69) is 19.2 Å². The fourth-order valence-corrected chi connectivity index (χ4v) is 3.60. The fraction of sp³-hybridized carbons (Fsp3) is 1.00. The lowest BCUT2D eigenvalue weighted by Crippen LogP contribution is -2.41. The standard InChI is InChI=1S/C15H29N/c1-12(2)16-11-14-9-10-15(14)13-7-5-3-4-6-8-13/h12-16H,3-11H2,1-2H3. The van der Waals surface area contributed by atoms with Crippen LogP contribution in [-0.2, 0) is 0 Å². The van der Waals surface area contributed by atoms with Crippen LogP contribution in [0, 0.1) is 17.8 Å². The Morgan fingerprint density at radius 1 is 0.938 bits per heavy atom. The van der Waals surface area contributed by atoms with Gasteiger partial charge in [0.25, 0.3) is 0 Å². The van der Waals surface area contributed by atoms with Crippen molar-refractivity contribution in [3.8, 4) is 0 Å². The van der Waals surface area contributed by atoms with Crippen LogP contribution in [0.2, 0.25) is 0 Å². The summed E-state index contributed by atoms with van der Waals surface area (Å²) in [6.45, 7) is 5.80. The van der Waals surface area contributed by atoms with Crippen LogP contribution >= 0.6 is 0 Å². The lowest BCUT2D eigenvalue weighted by Gasteiger charge is -2.42. The molecule has 2 rings (SSSR count). The predicted molar refractivity (Wildman–Crippen MR) is 70.5 cm³/mol. The molecule has 0 amide bonds. The van der Waals surface area contributed by atoms with E-state index in [1.165, 1.54) is 57.9 Å². The molecule has 0 aliphatic heterocycles. The Labute approximate surface area is 101 Å². The second-order valence-corrected chi connectivity index (χ2v) is 6.32. The van der Waals surface area contributed by atoms with Crippen molar-refractivity contribution in [3.63, 3.8) is 0 Å². The Morgan fingerprint density at radius 2 is 1.62 bits per heavy atom. The summed E-state index contributed by atoms with van der Waals surface area (Å²) in [5.74, 6) is 3.16. The van der Waals surface area contributed by atoms with E-state index in [-0.39, 0.29) is 0 Å². The van der Waals surface area contributed by atoms with Crippen molar-refractivity contribution in [3.05, 3.63) is 0 Å². The van der Waals surface area contributed by atoms with E-state index in [0.29, 0.717) is 6.04 Å². The number of hydrogen-bond donors (Lipinski definition) is 1. The van der Waals surface area contributed by atoms with E-state index in [1.54, 1.807) is 0 Å². The van der Waals surface area contributed by atoms with Crippen molar-refractivity contribution in [2.45, 2.75) is 71.3 Å². The summed E-state index contributed by atoms with van der Waals surface area (Å²) < 4.78 is 0. The van der Waals surface area contributed by atoms with Gasteiger partial charge in [-0.15, -0.1) is 0 Å². The molecule has 0 radical (unpaired) electrons. The summed E-state index contributed by atoms with van der Waals surface area (Å²) in [4.78, 5) is 0. The largest absolute Gasteiger partial charge is 0.314 e. The van der Waals surface area contributed by atoms with E-state index in [4.69, 9.17) is 0 Å². The summed E-state index contributed by atoms with van der Waals surface area (Å²) in [7, 11) is 0. The molecule has 1 heteroatoms. The SMILES string of the molecule is CC(C)NCC1CCC1C1CCCCCC1. The highest BCUT2D eigenvalue weighted by Gasteiger charge is 2.36. The average molecular weight is 223 g/mol.